The van der Waals surface area contributed by atoms with E-state index in [1.165, 1.54) is 0 Å². The van der Waals surface area contributed by atoms with Gasteiger partial charge in [-0.15, -0.1) is 0 Å². The Kier molecular flexibility index (Phi) is 5.33. The van der Waals surface area contributed by atoms with Crippen molar-refractivity contribution in [2.24, 2.45) is 5.92 Å². The summed E-state index contributed by atoms with van der Waals surface area (Å²) in [7, 11) is 0. The van der Waals surface area contributed by atoms with E-state index >= 15 is 0 Å². The number of rotatable bonds is 6. The average Bonchev–Trinajstić information content (AvgIpc) is 2.87. The molecule has 0 saturated heterocycles. The fourth-order valence-corrected chi connectivity index (χ4v) is 2.42. The van der Waals surface area contributed by atoms with Crippen molar-refractivity contribution in [2.75, 3.05) is 6.54 Å². The molecule has 2 aromatic rings. The van der Waals surface area contributed by atoms with Crippen LogP contribution in [0.3, 0.4) is 0 Å². The molecule has 1 aromatic heterocycles. The third kappa shape index (κ3) is 4.18. The number of aliphatic hydroxyl groups is 1. The van der Waals surface area contributed by atoms with E-state index in [9.17, 15) is 9.90 Å². The lowest BCUT2D eigenvalue weighted by atomic mass is 10.0. The van der Waals surface area contributed by atoms with Crippen molar-refractivity contribution >= 4 is 5.91 Å². The van der Waals surface area contributed by atoms with Gasteiger partial charge in [0.2, 0.25) is 0 Å². The normalized spacial score (nSPS) is 13.6. The maximum Gasteiger partial charge on any atom is 0.254 e. The Balaban J connectivity index is 2.03. The summed E-state index contributed by atoms with van der Waals surface area (Å²) in [4.78, 5) is 12.3. The molecule has 2 rings (SSSR count). The van der Waals surface area contributed by atoms with E-state index < -0.39 is 0 Å². The Hall–Kier alpha value is -2.14. The maximum atomic E-state index is 12.3. The summed E-state index contributed by atoms with van der Waals surface area (Å²) in [5.41, 5.74) is 2.20. The number of amides is 1. The van der Waals surface area contributed by atoms with Crippen molar-refractivity contribution in [1.29, 1.82) is 0 Å². The first-order valence-corrected chi connectivity index (χ1v) is 7.55. The minimum atomic E-state index is -0.352. The fraction of sp³-hybridized carbons (Fsp3) is 0.412. The van der Waals surface area contributed by atoms with Gasteiger partial charge in [0.1, 0.15) is 0 Å². The van der Waals surface area contributed by atoms with E-state index in [1.807, 2.05) is 44.2 Å². The highest BCUT2D eigenvalue weighted by Gasteiger charge is 2.15. The Labute approximate surface area is 131 Å². The molecule has 0 fully saturated rings. The lowest BCUT2D eigenvalue weighted by molar-refractivity contribution is 0.0939. The summed E-state index contributed by atoms with van der Waals surface area (Å²) in [5, 5.41) is 16.7. The van der Waals surface area contributed by atoms with Crippen molar-refractivity contribution < 1.29 is 9.90 Å². The van der Waals surface area contributed by atoms with Gasteiger partial charge in [-0.3, -0.25) is 4.79 Å². The smallest absolute Gasteiger partial charge is 0.254 e. The zero-order valence-electron chi connectivity index (χ0n) is 13.3. The Morgan fingerprint density at radius 3 is 2.64 bits per heavy atom. The van der Waals surface area contributed by atoms with Gasteiger partial charge in [-0.05, 0) is 38.3 Å². The minimum Gasteiger partial charge on any atom is -0.393 e. The molecule has 0 radical (unpaired) electrons. The van der Waals surface area contributed by atoms with Crippen molar-refractivity contribution in [1.82, 2.24) is 15.1 Å². The molecule has 0 aliphatic rings. The molecular formula is C17H23N3O2. The quantitative estimate of drug-likeness (QED) is 0.860. The molecule has 2 N–H and O–H groups in total. The van der Waals surface area contributed by atoms with Gasteiger partial charge in [0.15, 0.2) is 0 Å². The number of hydrogen-bond donors (Lipinski definition) is 2. The highest BCUT2D eigenvalue weighted by molar-refractivity contribution is 5.95. The monoisotopic (exact) mass is 301 g/mol. The molecule has 0 aliphatic carbocycles. The third-order valence-electron chi connectivity index (χ3n) is 3.52. The molecule has 0 bridgehead atoms. The second-order valence-electron chi connectivity index (χ2n) is 5.81. The zero-order valence-corrected chi connectivity index (χ0v) is 13.3. The van der Waals surface area contributed by atoms with Crippen LogP contribution in [-0.2, 0) is 0 Å². The number of nitrogens with one attached hydrogen (secondary N) is 1. The van der Waals surface area contributed by atoms with Crippen molar-refractivity contribution in [3.63, 3.8) is 0 Å². The van der Waals surface area contributed by atoms with E-state index in [-0.39, 0.29) is 17.9 Å². The molecule has 22 heavy (non-hydrogen) atoms. The first-order chi connectivity index (χ1) is 10.5. The summed E-state index contributed by atoms with van der Waals surface area (Å²) in [6.45, 7) is 6.13. The second kappa shape index (κ2) is 7.22. The van der Waals surface area contributed by atoms with Crippen LogP contribution in [0.15, 0.2) is 36.5 Å². The van der Waals surface area contributed by atoms with E-state index in [4.69, 9.17) is 0 Å². The number of aromatic nitrogens is 2. The Morgan fingerprint density at radius 2 is 2.00 bits per heavy atom. The lowest BCUT2D eigenvalue weighted by Crippen LogP contribution is -2.29. The van der Waals surface area contributed by atoms with Gasteiger partial charge >= 0.3 is 0 Å². The highest BCUT2D eigenvalue weighted by Crippen LogP contribution is 2.12. The molecule has 5 heteroatoms. The topological polar surface area (TPSA) is 67.2 Å². The molecule has 1 aromatic carbocycles. The van der Waals surface area contributed by atoms with Crippen LogP contribution in [0.1, 0.15) is 36.3 Å². The van der Waals surface area contributed by atoms with Crippen LogP contribution in [0.2, 0.25) is 0 Å². The zero-order chi connectivity index (χ0) is 16.1. The van der Waals surface area contributed by atoms with Gasteiger partial charge in [0.25, 0.3) is 5.91 Å². The minimum absolute atomic E-state index is 0.128. The molecule has 0 aliphatic heterocycles. The van der Waals surface area contributed by atoms with Crippen LogP contribution in [0.5, 0.6) is 0 Å². The van der Waals surface area contributed by atoms with Gasteiger partial charge in [0.05, 0.1) is 23.0 Å². The number of para-hydroxylation sites is 1. The summed E-state index contributed by atoms with van der Waals surface area (Å²) in [5.74, 6) is 0.102. The number of benzene rings is 1. The molecule has 1 heterocycles. The van der Waals surface area contributed by atoms with Crippen molar-refractivity contribution in [3.8, 4) is 5.69 Å². The molecule has 2 unspecified atom stereocenters. The Bertz CT molecular complexity index is 620. The second-order valence-corrected chi connectivity index (χ2v) is 5.81. The molecular weight excluding hydrogens is 278 g/mol. The molecule has 0 saturated carbocycles. The van der Waals surface area contributed by atoms with Crippen LogP contribution in [-0.4, -0.2) is 33.4 Å². The van der Waals surface area contributed by atoms with Gasteiger partial charge in [-0.1, -0.05) is 25.1 Å². The number of aliphatic hydroxyl groups excluding tert-OH is 1. The predicted octanol–water partition coefficient (Wildman–Crippen LogP) is 2.32. The average molecular weight is 301 g/mol. The molecule has 118 valence electrons. The molecule has 2 atom stereocenters. The van der Waals surface area contributed by atoms with Crippen LogP contribution in [0.4, 0.5) is 0 Å². The fourth-order valence-electron chi connectivity index (χ4n) is 2.42. The summed E-state index contributed by atoms with van der Waals surface area (Å²) in [6.07, 6.45) is 2.07. The van der Waals surface area contributed by atoms with Crippen molar-refractivity contribution in [3.05, 3.63) is 47.8 Å². The highest BCUT2D eigenvalue weighted by atomic mass is 16.3. The van der Waals surface area contributed by atoms with E-state index in [0.717, 1.165) is 5.69 Å². The Morgan fingerprint density at radius 1 is 1.32 bits per heavy atom. The van der Waals surface area contributed by atoms with E-state index in [1.54, 1.807) is 17.8 Å². The number of hydrogen-bond acceptors (Lipinski definition) is 3. The van der Waals surface area contributed by atoms with Crippen LogP contribution < -0.4 is 5.32 Å². The van der Waals surface area contributed by atoms with E-state index in [2.05, 4.69) is 10.4 Å². The maximum absolute atomic E-state index is 12.3. The molecule has 5 nitrogen and oxygen atoms in total. The van der Waals surface area contributed by atoms with Gasteiger partial charge in [-0.2, -0.15) is 5.10 Å². The van der Waals surface area contributed by atoms with Gasteiger partial charge < -0.3 is 10.4 Å². The van der Waals surface area contributed by atoms with Crippen molar-refractivity contribution in [2.45, 2.75) is 33.3 Å². The standard InChI is InChI=1S/C17H23N3O2/c1-12(9-13(2)21)10-18-17(22)16-11-20(19-14(16)3)15-7-5-4-6-8-15/h4-8,11-13,21H,9-10H2,1-3H3,(H,18,22). The largest absolute Gasteiger partial charge is 0.393 e. The van der Waals surface area contributed by atoms with Gasteiger partial charge in [-0.25, -0.2) is 4.68 Å². The molecule has 1 amide bonds. The summed E-state index contributed by atoms with van der Waals surface area (Å²) >= 11 is 0. The van der Waals surface area contributed by atoms with Crippen LogP contribution in [0, 0.1) is 12.8 Å². The third-order valence-corrected chi connectivity index (χ3v) is 3.52. The lowest BCUT2D eigenvalue weighted by Gasteiger charge is -2.13. The van der Waals surface area contributed by atoms with Crippen LogP contribution in [0.25, 0.3) is 5.69 Å². The number of nitrogens with zero attached hydrogens (tertiary/aromatic N) is 2. The van der Waals surface area contributed by atoms with Crippen LogP contribution >= 0.6 is 0 Å². The number of aryl methyl sites for hydroxylation is 1. The first-order valence-electron chi connectivity index (χ1n) is 7.55. The molecule has 0 spiro atoms. The van der Waals surface area contributed by atoms with Gasteiger partial charge in [0, 0.05) is 12.7 Å². The number of carbonyl (C=O) groups is 1. The summed E-state index contributed by atoms with van der Waals surface area (Å²) in [6, 6.07) is 9.70. The van der Waals surface area contributed by atoms with E-state index in [0.29, 0.717) is 24.2 Å². The number of carbonyl (C=O) groups excluding carboxylic acids is 1. The SMILES string of the molecule is Cc1nn(-c2ccccc2)cc1C(=O)NCC(C)CC(C)O. The first kappa shape index (κ1) is 16.2. The predicted molar refractivity (Wildman–Crippen MR) is 86.1 cm³/mol. The summed E-state index contributed by atoms with van der Waals surface area (Å²) < 4.78 is 1.71.